The summed E-state index contributed by atoms with van der Waals surface area (Å²) in [5, 5.41) is 10.4. The average Bonchev–Trinajstić information content (AvgIpc) is 2.48. The summed E-state index contributed by atoms with van der Waals surface area (Å²) in [5.41, 5.74) is 1.11. The van der Waals surface area contributed by atoms with E-state index in [0.717, 1.165) is 4.47 Å². The first-order valence-corrected chi connectivity index (χ1v) is 7.29. The fourth-order valence-electron chi connectivity index (χ4n) is 2.00. The quantitative estimate of drug-likeness (QED) is 0.879. The summed E-state index contributed by atoms with van der Waals surface area (Å²) >= 11 is 3.40. The predicted octanol–water partition coefficient (Wildman–Crippen LogP) is 4.08. The molecule has 2 aromatic rings. The van der Waals surface area contributed by atoms with Crippen molar-refractivity contribution in [3.63, 3.8) is 0 Å². The second-order valence-corrected chi connectivity index (χ2v) is 5.27. The molecule has 112 valence electrons. The summed E-state index contributed by atoms with van der Waals surface area (Å²) in [5.74, 6) is 0.354. The monoisotopic (exact) mass is 354 g/mol. The number of hydrogen-bond acceptors (Lipinski definition) is 3. The van der Waals surface area contributed by atoms with Crippen LogP contribution in [-0.2, 0) is 0 Å². The largest absolute Gasteiger partial charge is 0.494 e. The lowest BCUT2D eigenvalue weighted by molar-refractivity contribution is 0.219. The molecule has 1 atom stereocenters. The lowest BCUT2D eigenvalue weighted by Crippen LogP contribution is -2.02. The van der Waals surface area contributed by atoms with E-state index in [0.29, 0.717) is 23.5 Å². The third-order valence-electron chi connectivity index (χ3n) is 3.06. The smallest absolute Gasteiger partial charge is 0.165 e. The SMILES string of the molecule is CCOc1ccc(C(O)c2ccc(OC)c(F)c2)cc1Br. The van der Waals surface area contributed by atoms with Gasteiger partial charge in [0.05, 0.1) is 18.2 Å². The Morgan fingerprint density at radius 1 is 1.14 bits per heavy atom. The molecular formula is C16H16BrFO3. The normalized spacial score (nSPS) is 12.0. The van der Waals surface area contributed by atoms with Crippen LogP contribution in [0.2, 0.25) is 0 Å². The fourth-order valence-corrected chi connectivity index (χ4v) is 2.52. The van der Waals surface area contributed by atoms with Gasteiger partial charge >= 0.3 is 0 Å². The van der Waals surface area contributed by atoms with Gasteiger partial charge in [0.15, 0.2) is 11.6 Å². The molecule has 0 saturated heterocycles. The summed E-state index contributed by atoms with van der Waals surface area (Å²) in [7, 11) is 1.40. The molecular weight excluding hydrogens is 339 g/mol. The molecule has 1 unspecified atom stereocenters. The third kappa shape index (κ3) is 3.54. The molecule has 1 N–H and O–H groups in total. The Morgan fingerprint density at radius 3 is 2.29 bits per heavy atom. The molecule has 0 amide bonds. The topological polar surface area (TPSA) is 38.7 Å². The van der Waals surface area contributed by atoms with Gasteiger partial charge in [-0.25, -0.2) is 4.39 Å². The van der Waals surface area contributed by atoms with Crippen LogP contribution >= 0.6 is 15.9 Å². The Labute approximate surface area is 131 Å². The van der Waals surface area contributed by atoms with E-state index < -0.39 is 11.9 Å². The number of methoxy groups -OCH3 is 1. The van der Waals surface area contributed by atoms with Gasteiger partial charge in [0.1, 0.15) is 11.9 Å². The Kier molecular flexibility index (Phi) is 5.20. The first kappa shape index (κ1) is 15.8. The van der Waals surface area contributed by atoms with Gasteiger partial charge in [0.25, 0.3) is 0 Å². The van der Waals surface area contributed by atoms with E-state index in [2.05, 4.69) is 15.9 Å². The maximum Gasteiger partial charge on any atom is 0.165 e. The molecule has 5 heteroatoms. The highest BCUT2D eigenvalue weighted by atomic mass is 79.9. The molecule has 2 rings (SSSR count). The Hall–Kier alpha value is -1.59. The molecule has 2 aromatic carbocycles. The second-order valence-electron chi connectivity index (χ2n) is 4.42. The maximum atomic E-state index is 13.7. The molecule has 0 bridgehead atoms. The van der Waals surface area contributed by atoms with Crippen LogP contribution in [-0.4, -0.2) is 18.8 Å². The van der Waals surface area contributed by atoms with Crippen LogP contribution in [0.5, 0.6) is 11.5 Å². The van der Waals surface area contributed by atoms with Crippen molar-refractivity contribution in [1.29, 1.82) is 0 Å². The molecule has 0 radical (unpaired) electrons. The molecule has 0 aliphatic heterocycles. The second kappa shape index (κ2) is 6.91. The van der Waals surface area contributed by atoms with Crippen molar-refractivity contribution < 1.29 is 19.0 Å². The van der Waals surface area contributed by atoms with E-state index in [-0.39, 0.29) is 5.75 Å². The van der Waals surface area contributed by atoms with Crippen molar-refractivity contribution in [2.24, 2.45) is 0 Å². The average molecular weight is 355 g/mol. The van der Waals surface area contributed by atoms with Crippen LogP contribution in [0.1, 0.15) is 24.2 Å². The van der Waals surface area contributed by atoms with Crippen molar-refractivity contribution >= 4 is 15.9 Å². The molecule has 0 aromatic heterocycles. The lowest BCUT2D eigenvalue weighted by atomic mass is 10.0. The first-order chi connectivity index (χ1) is 10.1. The zero-order chi connectivity index (χ0) is 15.4. The standard InChI is InChI=1S/C16H16BrFO3/c1-3-21-14-6-4-10(8-12(14)17)16(19)11-5-7-15(20-2)13(18)9-11/h4-9,16,19H,3H2,1-2H3. The minimum absolute atomic E-state index is 0.152. The minimum atomic E-state index is -0.919. The Balaban J connectivity index is 2.29. The van der Waals surface area contributed by atoms with Gasteiger partial charge in [-0.3, -0.25) is 0 Å². The highest BCUT2D eigenvalue weighted by molar-refractivity contribution is 9.10. The molecule has 21 heavy (non-hydrogen) atoms. The number of aliphatic hydroxyl groups is 1. The van der Waals surface area contributed by atoms with Gasteiger partial charge in [-0.2, -0.15) is 0 Å². The van der Waals surface area contributed by atoms with Gasteiger partial charge in [0, 0.05) is 0 Å². The molecule has 0 spiro atoms. The molecule has 0 aliphatic carbocycles. The number of benzene rings is 2. The fraction of sp³-hybridized carbons (Fsp3) is 0.250. The molecule has 3 nitrogen and oxygen atoms in total. The van der Waals surface area contributed by atoms with E-state index >= 15 is 0 Å². The molecule has 0 fully saturated rings. The molecule has 0 aliphatic rings. The van der Waals surface area contributed by atoms with Crippen LogP contribution in [0.4, 0.5) is 4.39 Å². The highest BCUT2D eigenvalue weighted by Crippen LogP contribution is 2.32. The lowest BCUT2D eigenvalue weighted by Gasteiger charge is -2.14. The summed E-state index contributed by atoms with van der Waals surface area (Å²) in [4.78, 5) is 0. The summed E-state index contributed by atoms with van der Waals surface area (Å²) in [6.45, 7) is 2.46. The van der Waals surface area contributed by atoms with Crippen LogP contribution in [0.25, 0.3) is 0 Å². The van der Waals surface area contributed by atoms with E-state index in [1.807, 2.05) is 6.92 Å². The van der Waals surface area contributed by atoms with E-state index in [1.54, 1.807) is 24.3 Å². The zero-order valence-corrected chi connectivity index (χ0v) is 13.4. The van der Waals surface area contributed by atoms with Crippen LogP contribution in [0.15, 0.2) is 40.9 Å². The predicted molar refractivity (Wildman–Crippen MR) is 82.3 cm³/mol. The number of aliphatic hydroxyl groups excluding tert-OH is 1. The minimum Gasteiger partial charge on any atom is -0.494 e. The van der Waals surface area contributed by atoms with E-state index in [9.17, 15) is 9.50 Å². The van der Waals surface area contributed by atoms with Gasteiger partial charge in [-0.05, 0) is 58.2 Å². The van der Waals surface area contributed by atoms with Crippen LogP contribution in [0.3, 0.4) is 0 Å². The summed E-state index contributed by atoms with van der Waals surface area (Å²) < 4.78 is 24.7. The van der Waals surface area contributed by atoms with Crippen molar-refractivity contribution in [2.45, 2.75) is 13.0 Å². The van der Waals surface area contributed by atoms with Crippen molar-refractivity contribution in [2.75, 3.05) is 13.7 Å². The van der Waals surface area contributed by atoms with Crippen molar-refractivity contribution in [3.8, 4) is 11.5 Å². The Bertz CT molecular complexity index is 631. The summed E-state index contributed by atoms with van der Waals surface area (Å²) in [6, 6.07) is 9.69. The zero-order valence-electron chi connectivity index (χ0n) is 11.8. The van der Waals surface area contributed by atoms with Gasteiger partial charge in [-0.15, -0.1) is 0 Å². The Morgan fingerprint density at radius 2 is 1.76 bits per heavy atom. The molecule has 0 heterocycles. The van der Waals surface area contributed by atoms with Gasteiger partial charge in [-0.1, -0.05) is 12.1 Å². The molecule has 0 saturated carbocycles. The third-order valence-corrected chi connectivity index (χ3v) is 3.68. The van der Waals surface area contributed by atoms with Crippen LogP contribution < -0.4 is 9.47 Å². The number of ether oxygens (including phenoxy) is 2. The van der Waals surface area contributed by atoms with E-state index in [1.165, 1.54) is 19.2 Å². The van der Waals surface area contributed by atoms with Gasteiger partial charge < -0.3 is 14.6 Å². The number of hydrogen-bond donors (Lipinski definition) is 1. The van der Waals surface area contributed by atoms with Crippen LogP contribution in [0, 0.1) is 5.82 Å². The van der Waals surface area contributed by atoms with E-state index in [4.69, 9.17) is 9.47 Å². The first-order valence-electron chi connectivity index (χ1n) is 6.50. The summed E-state index contributed by atoms with van der Waals surface area (Å²) in [6.07, 6.45) is -0.919. The van der Waals surface area contributed by atoms with Crippen molar-refractivity contribution in [1.82, 2.24) is 0 Å². The van der Waals surface area contributed by atoms with Gasteiger partial charge in [0.2, 0.25) is 0 Å². The maximum absolute atomic E-state index is 13.7. The highest BCUT2D eigenvalue weighted by Gasteiger charge is 2.15. The van der Waals surface area contributed by atoms with Crippen molar-refractivity contribution in [3.05, 3.63) is 57.8 Å². The number of rotatable bonds is 5. The number of halogens is 2.